The van der Waals surface area contributed by atoms with Gasteiger partial charge < -0.3 is 15.2 Å². The van der Waals surface area contributed by atoms with E-state index >= 15 is 0 Å². The van der Waals surface area contributed by atoms with Crippen LogP contribution in [0.5, 0.6) is 0 Å². The minimum absolute atomic E-state index is 0.0353. The predicted octanol–water partition coefficient (Wildman–Crippen LogP) is 5.20. The van der Waals surface area contributed by atoms with Crippen molar-refractivity contribution in [1.82, 2.24) is 29.8 Å². The molecule has 1 aliphatic heterocycles. The zero-order valence-corrected chi connectivity index (χ0v) is 25.0. The molecule has 0 aromatic carbocycles. The second kappa shape index (κ2) is 9.83. The first-order valence-corrected chi connectivity index (χ1v) is 16.2. The number of rotatable bonds is 4. The van der Waals surface area contributed by atoms with Crippen LogP contribution in [0, 0.1) is 22.7 Å². The number of nitriles is 2. The molecule has 1 spiro atoms. The van der Waals surface area contributed by atoms with Gasteiger partial charge in [0.1, 0.15) is 22.2 Å². The Kier molecular flexibility index (Phi) is 6.34. The smallest absolute Gasteiger partial charge is 0.185 e. The van der Waals surface area contributed by atoms with E-state index in [1.165, 1.54) is 28.0 Å². The van der Waals surface area contributed by atoms with E-state index in [-0.39, 0.29) is 6.04 Å². The second-order valence-electron chi connectivity index (χ2n) is 11.5. The van der Waals surface area contributed by atoms with Crippen molar-refractivity contribution in [2.24, 2.45) is 0 Å². The van der Waals surface area contributed by atoms with Crippen molar-refractivity contribution in [1.29, 1.82) is 10.5 Å². The lowest BCUT2D eigenvalue weighted by Gasteiger charge is -2.39. The number of likely N-dealkylation sites (N-methyl/N-ethyl adjacent to an activating group) is 1. The van der Waals surface area contributed by atoms with Gasteiger partial charge in [-0.05, 0) is 83.7 Å². The highest BCUT2D eigenvalue weighted by Crippen LogP contribution is 2.55. The fourth-order valence-corrected chi connectivity index (χ4v) is 9.28. The molecule has 5 heterocycles. The maximum absolute atomic E-state index is 10.0. The van der Waals surface area contributed by atoms with Crippen LogP contribution in [0.25, 0.3) is 22.6 Å². The molecule has 3 unspecified atom stereocenters. The fraction of sp³-hybridized carbons (Fsp3) is 0.517. The van der Waals surface area contributed by atoms with E-state index < -0.39 is 5.41 Å². The number of thioether (sulfide) groups is 1. The van der Waals surface area contributed by atoms with Gasteiger partial charge in [0.05, 0.1) is 22.4 Å². The lowest BCUT2D eigenvalue weighted by Crippen LogP contribution is -2.35. The SMILES string of the molecule is CSc1nc(-c2noc3c2CCCC32CCCc3sc(N)c(C#N)c32)nc2c1c(C#N)nn2C(C)C1CCCN1C. The van der Waals surface area contributed by atoms with Gasteiger partial charge >= 0.3 is 0 Å². The number of likely N-dealkylation sites (tertiary alicyclic amines) is 1. The molecular weight excluding hydrogens is 555 g/mol. The summed E-state index contributed by atoms with van der Waals surface area (Å²) in [6.45, 7) is 3.20. The molecule has 3 atom stereocenters. The summed E-state index contributed by atoms with van der Waals surface area (Å²) in [6, 6.07) is 5.01. The average molecular weight is 586 g/mol. The number of nitrogen functional groups attached to an aromatic ring is 1. The van der Waals surface area contributed by atoms with Crippen LogP contribution in [-0.4, -0.2) is 55.7 Å². The molecule has 0 bridgehead atoms. The van der Waals surface area contributed by atoms with Gasteiger partial charge in [-0.2, -0.15) is 15.6 Å². The van der Waals surface area contributed by atoms with Gasteiger partial charge in [-0.25, -0.2) is 14.6 Å². The first-order chi connectivity index (χ1) is 19.9. The molecule has 2 N–H and O–H groups in total. The van der Waals surface area contributed by atoms with Gasteiger partial charge in [0, 0.05) is 16.5 Å². The molecule has 4 aromatic rings. The summed E-state index contributed by atoms with van der Waals surface area (Å²) < 4.78 is 8.14. The highest BCUT2D eigenvalue weighted by atomic mass is 32.2. The number of thiophene rings is 1. The summed E-state index contributed by atoms with van der Waals surface area (Å²) >= 11 is 3.02. The maximum Gasteiger partial charge on any atom is 0.185 e. The van der Waals surface area contributed by atoms with Crippen LogP contribution in [0.1, 0.15) is 84.5 Å². The molecule has 4 aromatic heterocycles. The molecule has 0 saturated carbocycles. The van der Waals surface area contributed by atoms with E-state index in [0.717, 1.165) is 74.8 Å². The summed E-state index contributed by atoms with van der Waals surface area (Å²) in [5.74, 6) is 1.32. The Morgan fingerprint density at radius 1 is 1.17 bits per heavy atom. The van der Waals surface area contributed by atoms with Gasteiger partial charge in [-0.3, -0.25) is 0 Å². The first kappa shape index (κ1) is 26.4. The monoisotopic (exact) mass is 585 g/mol. The summed E-state index contributed by atoms with van der Waals surface area (Å²) in [4.78, 5) is 13.5. The molecule has 1 saturated heterocycles. The van der Waals surface area contributed by atoms with Crippen molar-refractivity contribution < 1.29 is 4.52 Å². The largest absolute Gasteiger partial charge is 0.389 e. The predicted molar refractivity (Wildman–Crippen MR) is 158 cm³/mol. The minimum Gasteiger partial charge on any atom is -0.389 e. The van der Waals surface area contributed by atoms with E-state index in [1.54, 1.807) is 0 Å². The summed E-state index contributed by atoms with van der Waals surface area (Å²) in [5.41, 5.74) is 10.2. The molecule has 10 nitrogen and oxygen atoms in total. The van der Waals surface area contributed by atoms with Gasteiger partial charge in [0.15, 0.2) is 28.6 Å². The standard InChI is InChI=1S/C29H31N9OS2/c1-15(19-8-6-12-37(19)2)38-27-21(18(14-31)35-38)28(40-3)34-26(33-27)23-16-7-4-10-29(24(16)39-36-23)11-5-9-20-22(29)17(13-30)25(32)41-20/h15,19H,4-12,32H2,1-3H3. The third-order valence-electron chi connectivity index (χ3n) is 9.41. The molecule has 0 amide bonds. The van der Waals surface area contributed by atoms with Gasteiger partial charge in [-0.1, -0.05) is 5.16 Å². The average Bonchev–Trinajstić information content (AvgIpc) is 3.76. The van der Waals surface area contributed by atoms with Crippen LogP contribution in [0.4, 0.5) is 5.00 Å². The number of hydrogen-bond acceptors (Lipinski definition) is 11. The third-order valence-corrected chi connectivity index (χ3v) is 11.2. The van der Waals surface area contributed by atoms with Gasteiger partial charge in [-0.15, -0.1) is 23.1 Å². The van der Waals surface area contributed by atoms with E-state index in [1.807, 2.05) is 10.9 Å². The van der Waals surface area contributed by atoms with Crippen molar-refractivity contribution in [2.45, 2.75) is 80.8 Å². The van der Waals surface area contributed by atoms with Crippen LogP contribution >= 0.6 is 23.1 Å². The second-order valence-corrected chi connectivity index (χ2v) is 13.4. The van der Waals surface area contributed by atoms with E-state index in [2.05, 4.69) is 36.2 Å². The van der Waals surface area contributed by atoms with Crippen molar-refractivity contribution in [3.05, 3.63) is 33.0 Å². The fourth-order valence-electron chi connectivity index (χ4n) is 7.55. The van der Waals surface area contributed by atoms with E-state index in [9.17, 15) is 10.5 Å². The number of anilines is 1. The maximum atomic E-state index is 10.0. The van der Waals surface area contributed by atoms with Crippen molar-refractivity contribution in [3.63, 3.8) is 0 Å². The van der Waals surface area contributed by atoms with Crippen LogP contribution in [0.3, 0.4) is 0 Å². The van der Waals surface area contributed by atoms with Crippen molar-refractivity contribution >= 4 is 39.1 Å². The van der Waals surface area contributed by atoms with E-state index in [4.69, 9.17) is 25.3 Å². The lowest BCUT2D eigenvalue weighted by atomic mass is 9.63. The number of aromatic nitrogens is 5. The van der Waals surface area contributed by atoms with Crippen molar-refractivity contribution in [3.8, 4) is 23.7 Å². The van der Waals surface area contributed by atoms with Crippen LogP contribution in [-0.2, 0) is 18.3 Å². The zero-order chi connectivity index (χ0) is 28.5. The topological polar surface area (TPSA) is 146 Å². The molecule has 12 heteroatoms. The molecule has 41 heavy (non-hydrogen) atoms. The lowest BCUT2D eigenvalue weighted by molar-refractivity contribution is 0.232. The molecular formula is C29H31N9OS2. The Balaban J connectivity index is 1.40. The number of nitrogens with two attached hydrogens (primary N) is 1. The Hall–Kier alpha value is -3.45. The molecule has 0 radical (unpaired) electrons. The van der Waals surface area contributed by atoms with Crippen LogP contribution in [0.15, 0.2) is 9.55 Å². The Morgan fingerprint density at radius 2 is 1.98 bits per heavy atom. The highest BCUT2D eigenvalue weighted by Gasteiger charge is 2.49. The summed E-state index contributed by atoms with van der Waals surface area (Å²) in [5, 5.41) is 31.4. The number of fused-ring (bicyclic) bond motifs is 5. The first-order valence-electron chi connectivity index (χ1n) is 14.2. The van der Waals surface area contributed by atoms with Crippen molar-refractivity contribution in [2.75, 3.05) is 25.6 Å². The van der Waals surface area contributed by atoms with Crippen LogP contribution in [0.2, 0.25) is 0 Å². The molecule has 2 aliphatic carbocycles. The van der Waals surface area contributed by atoms with Crippen LogP contribution < -0.4 is 5.73 Å². The van der Waals surface area contributed by atoms with Gasteiger partial charge in [0.2, 0.25) is 0 Å². The summed E-state index contributed by atoms with van der Waals surface area (Å²) in [6.07, 6.45) is 9.65. The normalized spacial score (nSPS) is 22.9. The Morgan fingerprint density at radius 3 is 2.68 bits per heavy atom. The van der Waals surface area contributed by atoms with E-state index in [0.29, 0.717) is 49.9 Å². The zero-order valence-electron chi connectivity index (χ0n) is 23.4. The quantitative estimate of drug-likeness (QED) is 0.250. The molecule has 210 valence electrons. The van der Waals surface area contributed by atoms with Gasteiger partial charge in [0.25, 0.3) is 0 Å². The minimum atomic E-state index is -0.407. The molecule has 3 aliphatic rings. The third kappa shape index (κ3) is 3.77. The number of nitrogens with zero attached hydrogens (tertiary/aromatic N) is 8. The molecule has 1 fully saturated rings. The summed E-state index contributed by atoms with van der Waals surface area (Å²) in [7, 11) is 2.14. The highest BCUT2D eigenvalue weighted by molar-refractivity contribution is 7.98. The number of aryl methyl sites for hydroxylation is 1. The Bertz CT molecular complexity index is 1770. The Labute approximate surface area is 246 Å². The number of hydrogen-bond donors (Lipinski definition) is 1. The molecule has 7 rings (SSSR count).